The number of nitrogens with zero attached hydrogens (tertiary/aromatic N) is 3. The fraction of sp³-hybridized carbons (Fsp3) is 0. The largest absolute Gasteiger partial charge is 0.402 e. The first-order valence-corrected chi connectivity index (χ1v) is 10.0. The van der Waals surface area contributed by atoms with Crippen molar-refractivity contribution in [3.05, 3.63) is 113 Å². The summed E-state index contributed by atoms with van der Waals surface area (Å²) in [6.45, 7) is 0. The molecule has 3 aromatic carbocycles. The number of benzene rings is 3. The van der Waals surface area contributed by atoms with Crippen LogP contribution < -0.4 is 0 Å². The Labute approximate surface area is 183 Å². The average Bonchev–Trinajstić information content (AvgIpc) is 3.40. The summed E-state index contributed by atoms with van der Waals surface area (Å²) in [7, 11) is 0. The molecule has 0 N–H and O–H groups in total. The van der Waals surface area contributed by atoms with E-state index in [2.05, 4.69) is 4.99 Å². The summed E-state index contributed by atoms with van der Waals surface area (Å²) in [5.41, 5.74) is 4.22. The number of hydrogen-bond donors (Lipinski definition) is 0. The van der Waals surface area contributed by atoms with E-state index in [1.807, 2.05) is 91.1 Å². The van der Waals surface area contributed by atoms with Crippen molar-refractivity contribution in [2.45, 2.75) is 0 Å². The molecule has 0 saturated carbocycles. The fourth-order valence-electron chi connectivity index (χ4n) is 3.30. The molecule has 0 aliphatic carbocycles. The lowest BCUT2D eigenvalue weighted by Crippen LogP contribution is -2.04. The van der Waals surface area contributed by atoms with Gasteiger partial charge in [0, 0.05) is 27.9 Å². The molecule has 6 heteroatoms. The van der Waals surface area contributed by atoms with Gasteiger partial charge in [-0.1, -0.05) is 60.1 Å². The van der Waals surface area contributed by atoms with E-state index in [9.17, 15) is 4.79 Å². The number of esters is 1. The molecule has 5 nitrogen and oxygen atoms in total. The van der Waals surface area contributed by atoms with Crippen molar-refractivity contribution >= 4 is 29.5 Å². The van der Waals surface area contributed by atoms with E-state index in [-0.39, 0.29) is 5.70 Å². The van der Waals surface area contributed by atoms with Gasteiger partial charge in [0.05, 0.1) is 5.69 Å². The second-order valence-corrected chi connectivity index (χ2v) is 7.36. The van der Waals surface area contributed by atoms with Crippen molar-refractivity contribution in [3.8, 4) is 16.9 Å². The van der Waals surface area contributed by atoms with Gasteiger partial charge < -0.3 is 4.74 Å². The van der Waals surface area contributed by atoms with Crippen molar-refractivity contribution in [2.75, 3.05) is 0 Å². The van der Waals surface area contributed by atoms with Crippen LogP contribution in [0.2, 0.25) is 5.02 Å². The van der Waals surface area contributed by atoms with Gasteiger partial charge in [-0.3, -0.25) is 0 Å². The number of aliphatic imine (C=N–C) groups is 1. The van der Waals surface area contributed by atoms with Gasteiger partial charge in [0.1, 0.15) is 5.69 Å². The predicted octanol–water partition coefficient (Wildman–Crippen LogP) is 5.54. The molecule has 31 heavy (non-hydrogen) atoms. The third-order valence-corrected chi connectivity index (χ3v) is 5.07. The molecule has 0 atom stereocenters. The van der Waals surface area contributed by atoms with E-state index in [4.69, 9.17) is 21.4 Å². The van der Waals surface area contributed by atoms with Crippen LogP contribution in [0.5, 0.6) is 0 Å². The molecule has 0 spiro atoms. The first-order valence-electron chi connectivity index (χ1n) is 9.66. The van der Waals surface area contributed by atoms with E-state index >= 15 is 0 Å². The molecule has 0 saturated heterocycles. The van der Waals surface area contributed by atoms with Crippen LogP contribution in [0, 0.1) is 0 Å². The van der Waals surface area contributed by atoms with Crippen molar-refractivity contribution < 1.29 is 9.53 Å². The van der Waals surface area contributed by atoms with Crippen LogP contribution >= 0.6 is 11.6 Å². The molecule has 0 amide bonds. The van der Waals surface area contributed by atoms with Crippen molar-refractivity contribution in [2.24, 2.45) is 4.99 Å². The van der Waals surface area contributed by atoms with E-state index in [0.717, 1.165) is 22.4 Å². The smallest absolute Gasteiger partial charge is 0.363 e. The van der Waals surface area contributed by atoms with Crippen LogP contribution in [-0.2, 0) is 9.53 Å². The monoisotopic (exact) mass is 425 g/mol. The van der Waals surface area contributed by atoms with E-state index < -0.39 is 5.97 Å². The number of cyclic esters (lactones) is 1. The van der Waals surface area contributed by atoms with Crippen molar-refractivity contribution in [3.63, 3.8) is 0 Å². The Balaban J connectivity index is 1.61. The zero-order valence-electron chi connectivity index (χ0n) is 16.3. The Morgan fingerprint density at radius 1 is 0.839 bits per heavy atom. The van der Waals surface area contributed by atoms with Gasteiger partial charge in [0.15, 0.2) is 5.70 Å². The molecule has 1 aromatic heterocycles. The molecular formula is C25H16ClN3O2. The second-order valence-electron chi connectivity index (χ2n) is 6.92. The van der Waals surface area contributed by atoms with Gasteiger partial charge in [-0.15, -0.1) is 0 Å². The molecule has 1 aliphatic rings. The van der Waals surface area contributed by atoms with Crippen LogP contribution in [0.1, 0.15) is 11.1 Å². The van der Waals surface area contributed by atoms with Gasteiger partial charge in [0.2, 0.25) is 5.90 Å². The van der Waals surface area contributed by atoms with Gasteiger partial charge >= 0.3 is 5.97 Å². The Morgan fingerprint density at radius 3 is 2.23 bits per heavy atom. The Morgan fingerprint density at radius 2 is 1.52 bits per heavy atom. The highest BCUT2D eigenvalue weighted by Gasteiger charge is 2.25. The van der Waals surface area contributed by atoms with Crippen LogP contribution in [0.4, 0.5) is 0 Å². The maximum absolute atomic E-state index is 12.5. The summed E-state index contributed by atoms with van der Waals surface area (Å²) in [5.74, 6) is -0.200. The van der Waals surface area contributed by atoms with Crippen molar-refractivity contribution in [1.29, 1.82) is 0 Å². The normalized spacial score (nSPS) is 14.5. The highest BCUT2D eigenvalue weighted by molar-refractivity contribution is 6.30. The number of halogens is 1. The molecular weight excluding hydrogens is 410 g/mol. The Kier molecular flexibility index (Phi) is 4.94. The number of carbonyl (C=O) groups excluding carboxylic acids is 1. The van der Waals surface area contributed by atoms with Crippen LogP contribution in [0.25, 0.3) is 23.0 Å². The lowest BCUT2D eigenvalue weighted by atomic mass is 10.1. The van der Waals surface area contributed by atoms with Gasteiger partial charge in [0.25, 0.3) is 0 Å². The molecule has 2 heterocycles. The molecule has 1 aliphatic heterocycles. The number of aromatic nitrogens is 2. The zero-order valence-corrected chi connectivity index (χ0v) is 17.0. The van der Waals surface area contributed by atoms with E-state index in [1.165, 1.54) is 0 Å². The molecule has 5 rings (SSSR count). The quantitative estimate of drug-likeness (QED) is 0.319. The van der Waals surface area contributed by atoms with E-state index in [0.29, 0.717) is 16.6 Å². The third kappa shape index (κ3) is 3.91. The summed E-state index contributed by atoms with van der Waals surface area (Å²) in [5, 5.41) is 5.39. The maximum Gasteiger partial charge on any atom is 0.363 e. The third-order valence-electron chi connectivity index (χ3n) is 4.81. The molecule has 0 fully saturated rings. The number of para-hydroxylation sites is 1. The Bertz CT molecular complexity index is 1310. The summed E-state index contributed by atoms with van der Waals surface area (Å²) in [6, 6.07) is 26.5. The highest BCUT2D eigenvalue weighted by atomic mass is 35.5. The van der Waals surface area contributed by atoms with Gasteiger partial charge in [-0.05, 0) is 42.5 Å². The van der Waals surface area contributed by atoms with Crippen LogP contribution in [0.3, 0.4) is 0 Å². The number of rotatable bonds is 4. The van der Waals surface area contributed by atoms with Crippen LogP contribution in [-0.4, -0.2) is 21.6 Å². The topological polar surface area (TPSA) is 56.5 Å². The first kappa shape index (κ1) is 19.0. The van der Waals surface area contributed by atoms with E-state index in [1.54, 1.807) is 10.8 Å². The minimum Gasteiger partial charge on any atom is -0.402 e. The lowest BCUT2D eigenvalue weighted by Gasteiger charge is -2.00. The molecule has 150 valence electrons. The van der Waals surface area contributed by atoms with Gasteiger partial charge in [-0.2, -0.15) is 5.10 Å². The molecule has 0 radical (unpaired) electrons. The number of hydrogen-bond acceptors (Lipinski definition) is 4. The lowest BCUT2D eigenvalue weighted by molar-refractivity contribution is -0.129. The maximum atomic E-state index is 12.5. The average molecular weight is 426 g/mol. The Hall–Kier alpha value is -3.96. The summed E-state index contributed by atoms with van der Waals surface area (Å²) >= 11 is 6.05. The molecule has 0 bridgehead atoms. The predicted molar refractivity (Wildman–Crippen MR) is 121 cm³/mol. The molecule has 0 unspecified atom stereocenters. The zero-order chi connectivity index (χ0) is 21.2. The fourth-order valence-corrected chi connectivity index (χ4v) is 3.42. The minimum absolute atomic E-state index is 0.224. The van der Waals surface area contributed by atoms with Crippen LogP contribution in [0.15, 0.2) is 102 Å². The summed E-state index contributed by atoms with van der Waals surface area (Å²) in [6.07, 6.45) is 3.57. The second kappa shape index (κ2) is 8.05. The van der Waals surface area contributed by atoms with Crippen molar-refractivity contribution in [1.82, 2.24) is 9.78 Å². The first-order chi connectivity index (χ1) is 15.2. The number of ether oxygens (including phenoxy) is 1. The standard InChI is InChI=1S/C25H16ClN3O2/c26-20-13-11-17(12-14-20)23-19(16-29(28-23)21-9-5-2-6-10-21)15-22-25(30)31-24(27-22)18-7-3-1-4-8-18/h1-16H/b22-15-. The highest BCUT2D eigenvalue weighted by Crippen LogP contribution is 2.28. The van der Waals surface area contributed by atoms with Gasteiger partial charge in [-0.25, -0.2) is 14.5 Å². The SMILES string of the molecule is O=C1OC(c2ccccc2)=N/C1=C\c1cn(-c2ccccc2)nc1-c1ccc(Cl)cc1. The molecule has 4 aromatic rings. The summed E-state index contributed by atoms with van der Waals surface area (Å²) in [4.78, 5) is 16.9. The number of carbonyl (C=O) groups is 1. The summed E-state index contributed by atoms with van der Waals surface area (Å²) < 4.78 is 7.16. The minimum atomic E-state index is -0.492.